The van der Waals surface area contributed by atoms with Crippen LogP contribution in [0.4, 0.5) is 0 Å². The number of fused-ring (bicyclic) bond motifs is 1. The van der Waals surface area contributed by atoms with E-state index < -0.39 is 11.5 Å². The molecule has 3 N–H and O–H groups in total. The Balaban J connectivity index is 0.00000192. The molecule has 6 nitrogen and oxygen atoms in total. The first kappa shape index (κ1) is 17.7. The van der Waals surface area contributed by atoms with Crippen LogP contribution in [0.2, 0.25) is 0 Å². The van der Waals surface area contributed by atoms with Gasteiger partial charge in [0.2, 0.25) is 0 Å². The summed E-state index contributed by atoms with van der Waals surface area (Å²) in [6.07, 6.45) is 1.07. The largest absolute Gasteiger partial charge is 0.351 e. The van der Waals surface area contributed by atoms with Crippen molar-refractivity contribution in [1.82, 2.24) is 15.6 Å². The molecule has 0 atom stereocenters. The van der Waals surface area contributed by atoms with Crippen LogP contribution in [0.25, 0.3) is 0 Å². The molecule has 7 heteroatoms. The van der Waals surface area contributed by atoms with Gasteiger partial charge >= 0.3 is 0 Å². The minimum Gasteiger partial charge on any atom is -0.351 e. The van der Waals surface area contributed by atoms with Crippen molar-refractivity contribution in [3.63, 3.8) is 0 Å². The summed E-state index contributed by atoms with van der Waals surface area (Å²) in [4.78, 5) is 39.3. The highest BCUT2D eigenvalue weighted by molar-refractivity contribution is 6.02. The maximum absolute atomic E-state index is 12.2. The number of H-pyrrole nitrogens is 1. The molecule has 126 valence electrons. The number of aromatic nitrogens is 1. The first-order valence-corrected chi connectivity index (χ1v) is 7.64. The molecule has 1 aromatic rings. The second kappa shape index (κ2) is 6.45. The Morgan fingerprint density at radius 2 is 2.00 bits per heavy atom. The van der Waals surface area contributed by atoms with E-state index in [2.05, 4.69) is 15.6 Å². The van der Waals surface area contributed by atoms with Gasteiger partial charge in [-0.05, 0) is 17.9 Å². The SMILES string of the molecule is CC1(C)CC(=O)c2cc(C(=O)NCC3CNC3)c(=O)[nH]c2C1.Cl. The average Bonchev–Trinajstić information content (AvgIpc) is 2.34. The molecule has 0 saturated carbocycles. The number of carbonyl (C=O) groups is 2. The fourth-order valence-electron chi connectivity index (χ4n) is 3.02. The number of aromatic amines is 1. The van der Waals surface area contributed by atoms with Crippen LogP contribution in [0.5, 0.6) is 0 Å². The lowest BCUT2D eigenvalue weighted by Gasteiger charge is -2.30. The third kappa shape index (κ3) is 3.64. The van der Waals surface area contributed by atoms with E-state index in [0.29, 0.717) is 36.6 Å². The highest BCUT2D eigenvalue weighted by Gasteiger charge is 2.32. The molecule has 0 radical (unpaired) electrons. The molecule has 1 amide bonds. The van der Waals surface area contributed by atoms with Crippen LogP contribution in [-0.2, 0) is 6.42 Å². The van der Waals surface area contributed by atoms with Crippen molar-refractivity contribution in [3.8, 4) is 0 Å². The third-order valence-corrected chi connectivity index (χ3v) is 4.38. The number of ketones is 1. The Labute approximate surface area is 140 Å². The average molecular weight is 340 g/mol. The van der Waals surface area contributed by atoms with Gasteiger partial charge in [-0.2, -0.15) is 0 Å². The van der Waals surface area contributed by atoms with Gasteiger partial charge in [0.05, 0.1) is 0 Å². The summed E-state index contributed by atoms with van der Waals surface area (Å²) >= 11 is 0. The van der Waals surface area contributed by atoms with Gasteiger partial charge < -0.3 is 15.6 Å². The molecule has 0 aromatic carbocycles. The zero-order valence-corrected chi connectivity index (χ0v) is 14.1. The first-order chi connectivity index (χ1) is 10.4. The van der Waals surface area contributed by atoms with Gasteiger partial charge in [-0.15, -0.1) is 12.4 Å². The van der Waals surface area contributed by atoms with Crippen LogP contribution in [0, 0.1) is 11.3 Å². The molecule has 0 spiro atoms. The summed E-state index contributed by atoms with van der Waals surface area (Å²) < 4.78 is 0. The number of rotatable bonds is 3. The standard InChI is InChI=1S/C16H21N3O3.ClH/c1-16(2)4-12-10(13(20)5-16)3-11(15(22)19-12)14(21)18-8-9-6-17-7-9;/h3,9,17H,4-8H2,1-2H3,(H,18,21)(H,19,22);1H. The monoisotopic (exact) mass is 339 g/mol. The molecule has 1 aliphatic carbocycles. The van der Waals surface area contributed by atoms with E-state index in [-0.39, 0.29) is 29.2 Å². The molecule has 1 aliphatic heterocycles. The van der Waals surface area contributed by atoms with Crippen molar-refractivity contribution in [1.29, 1.82) is 0 Å². The summed E-state index contributed by atoms with van der Waals surface area (Å²) in [5.74, 6) is -0.00332. The lowest BCUT2D eigenvalue weighted by atomic mass is 9.75. The van der Waals surface area contributed by atoms with E-state index in [4.69, 9.17) is 0 Å². The van der Waals surface area contributed by atoms with E-state index >= 15 is 0 Å². The number of hydrogen-bond acceptors (Lipinski definition) is 4. The summed E-state index contributed by atoms with van der Waals surface area (Å²) in [6, 6.07) is 1.46. The fraction of sp³-hybridized carbons (Fsp3) is 0.562. The van der Waals surface area contributed by atoms with Gasteiger partial charge in [0.15, 0.2) is 5.78 Å². The normalized spacial score (nSPS) is 19.3. The second-order valence-corrected chi connectivity index (χ2v) is 7.08. The third-order valence-electron chi connectivity index (χ3n) is 4.38. The molecule has 23 heavy (non-hydrogen) atoms. The fourth-order valence-corrected chi connectivity index (χ4v) is 3.02. The number of amides is 1. The van der Waals surface area contributed by atoms with E-state index in [9.17, 15) is 14.4 Å². The minimum absolute atomic E-state index is 0. The maximum Gasteiger partial charge on any atom is 0.261 e. The summed E-state index contributed by atoms with van der Waals surface area (Å²) in [5.41, 5.74) is 0.571. The van der Waals surface area contributed by atoms with E-state index in [1.807, 2.05) is 13.8 Å². The van der Waals surface area contributed by atoms with Crippen molar-refractivity contribution in [3.05, 3.63) is 33.2 Å². The minimum atomic E-state index is -0.423. The molecule has 0 bridgehead atoms. The van der Waals surface area contributed by atoms with Crippen molar-refractivity contribution in [2.75, 3.05) is 19.6 Å². The predicted octanol–water partition coefficient (Wildman–Crippen LogP) is 0.901. The van der Waals surface area contributed by atoms with Gasteiger partial charge in [-0.1, -0.05) is 13.8 Å². The van der Waals surface area contributed by atoms with Crippen LogP contribution < -0.4 is 16.2 Å². The Morgan fingerprint density at radius 3 is 2.61 bits per heavy atom. The highest BCUT2D eigenvalue weighted by Crippen LogP contribution is 2.33. The number of nitrogens with one attached hydrogen (secondary N) is 3. The van der Waals surface area contributed by atoms with Crippen LogP contribution in [0.3, 0.4) is 0 Å². The van der Waals surface area contributed by atoms with Crippen LogP contribution in [-0.4, -0.2) is 36.3 Å². The Morgan fingerprint density at radius 1 is 1.30 bits per heavy atom. The number of halogens is 1. The predicted molar refractivity (Wildman–Crippen MR) is 89.4 cm³/mol. The van der Waals surface area contributed by atoms with Gasteiger partial charge in [-0.25, -0.2) is 0 Å². The van der Waals surface area contributed by atoms with Gasteiger partial charge in [0.1, 0.15) is 5.56 Å². The zero-order chi connectivity index (χ0) is 15.9. The van der Waals surface area contributed by atoms with Crippen LogP contribution >= 0.6 is 12.4 Å². The van der Waals surface area contributed by atoms with Crippen LogP contribution in [0.15, 0.2) is 10.9 Å². The van der Waals surface area contributed by atoms with E-state index in [1.54, 1.807) is 0 Å². The number of pyridine rings is 1. The van der Waals surface area contributed by atoms with E-state index in [0.717, 1.165) is 13.1 Å². The molecular formula is C16H22ClN3O3. The van der Waals surface area contributed by atoms with Crippen molar-refractivity contribution in [2.24, 2.45) is 11.3 Å². The summed E-state index contributed by atoms with van der Waals surface area (Å²) in [6.45, 7) is 6.31. The zero-order valence-electron chi connectivity index (χ0n) is 13.3. The van der Waals surface area contributed by atoms with Crippen molar-refractivity contribution in [2.45, 2.75) is 26.7 Å². The molecular weight excluding hydrogens is 318 g/mol. The number of Topliss-reactive ketones (excluding diaryl/α,β-unsaturated/α-hetero) is 1. The van der Waals surface area contributed by atoms with Crippen molar-refractivity contribution >= 4 is 24.1 Å². The van der Waals surface area contributed by atoms with Gasteiger partial charge in [0, 0.05) is 43.2 Å². The first-order valence-electron chi connectivity index (χ1n) is 7.64. The lowest BCUT2D eigenvalue weighted by molar-refractivity contribution is 0.0910. The Kier molecular flexibility index (Phi) is 4.96. The number of carbonyl (C=O) groups excluding carboxylic acids is 2. The Bertz CT molecular complexity index is 692. The highest BCUT2D eigenvalue weighted by atomic mass is 35.5. The molecule has 1 fully saturated rings. The summed E-state index contributed by atoms with van der Waals surface area (Å²) in [7, 11) is 0. The number of hydrogen-bond donors (Lipinski definition) is 3. The van der Waals surface area contributed by atoms with Gasteiger partial charge in [-0.3, -0.25) is 14.4 Å². The molecule has 1 aromatic heterocycles. The topological polar surface area (TPSA) is 91.1 Å². The quantitative estimate of drug-likeness (QED) is 0.763. The Hall–Kier alpha value is -1.66. The second-order valence-electron chi connectivity index (χ2n) is 7.08. The molecule has 2 aliphatic rings. The van der Waals surface area contributed by atoms with Crippen LogP contribution in [0.1, 0.15) is 46.7 Å². The summed E-state index contributed by atoms with van der Waals surface area (Å²) in [5, 5.41) is 5.90. The van der Waals surface area contributed by atoms with E-state index in [1.165, 1.54) is 6.07 Å². The molecule has 3 rings (SSSR count). The molecule has 1 saturated heterocycles. The smallest absolute Gasteiger partial charge is 0.261 e. The lowest BCUT2D eigenvalue weighted by Crippen LogP contribution is -2.48. The van der Waals surface area contributed by atoms with Gasteiger partial charge in [0.25, 0.3) is 11.5 Å². The molecule has 2 heterocycles. The van der Waals surface area contributed by atoms with Crippen molar-refractivity contribution < 1.29 is 9.59 Å². The maximum atomic E-state index is 12.2. The molecule has 0 unspecified atom stereocenters.